The molecule has 2 N–H and O–H groups in total. The van der Waals surface area contributed by atoms with Crippen LogP contribution in [0, 0.1) is 5.92 Å². The van der Waals surface area contributed by atoms with Crippen molar-refractivity contribution < 1.29 is 10.2 Å². The summed E-state index contributed by atoms with van der Waals surface area (Å²) in [7, 11) is 0. The molecule has 0 saturated carbocycles. The van der Waals surface area contributed by atoms with Crippen LogP contribution in [0.5, 0.6) is 11.5 Å². The van der Waals surface area contributed by atoms with Gasteiger partial charge in [0.05, 0.1) is 0 Å². The molecule has 98 valence electrons. The maximum Gasteiger partial charge on any atom is 0.160 e. The predicted molar refractivity (Wildman–Crippen MR) is 70.9 cm³/mol. The summed E-state index contributed by atoms with van der Waals surface area (Å²) in [5.74, 6) is 0.784. The topological polar surface area (TPSA) is 43.7 Å². The van der Waals surface area contributed by atoms with Crippen LogP contribution < -0.4 is 0 Å². The molecule has 0 spiro atoms. The van der Waals surface area contributed by atoms with Crippen LogP contribution >= 0.6 is 0 Å². The SMILES string of the molecule is CCCN1CC[C@@H]2Cc3c(ccc(O)c3O)C[C@@H]21. The lowest BCUT2D eigenvalue weighted by molar-refractivity contribution is 0.214. The van der Waals surface area contributed by atoms with Crippen LogP contribution in [0.25, 0.3) is 0 Å². The zero-order chi connectivity index (χ0) is 12.7. The van der Waals surface area contributed by atoms with E-state index < -0.39 is 0 Å². The number of nitrogens with zero attached hydrogens (tertiary/aromatic N) is 1. The van der Waals surface area contributed by atoms with Gasteiger partial charge in [-0.25, -0.2) is 0 Å². The number of phenols is 2. The molecule has 3 heteroatoms. The number of hydrogen-bond donors (Lipinski definition) is 2. The van der Waals surface area contributed by atoms with E-state index in [1.54, 1.807) is 6.07 Å². The van der Waals surface area contributed by atoms with Crippen molar-refractivity contribution >= 4 is 0 Å². The van der Waals surface area contributed by atoms with E-state index in [4.69, 9.17) is 0 Å². The first-order valence-electron chi connectivity index (χ1n) is 6.97. The Kier molecular flexibility index (Phi) is 2.94. The van der Waals surface area contributed by atoms with Crippen LogP contribution in [0.15, 0.2) is 12.1 Å². The number of aromatic hydroxyl groups is 2. The fourth-order valence-electron chi connectivity index (χ4n) is 3.66. The van der Waals surface area contributed by atoms with Gasteiger partial charge < -0.3 is 10.2 Å². The van der Waals surface area contributed by atoms with Crippen LogP contribution in [0.2, 0.25) is 0 Å². The Balaban J connectivity index is 1.90. The largest absolute Gasteiger partial charge is 0.504 e. The van der Waals surface area contributed by atoms with Gasteiger partial charge in [-0.1, -0.05) is 13.0 Å². The highest BCUT2D eigenvalue weighted by Crippen LogP contribution is 2.41. The monoisotopic (exact) mass is 247 g/mol. The van der Waals surface area contributed by atoms with Gasteiger partial charge >= 0.3 is 0 Å². The normalized spacial score (nSPS) is 26.9. The molecule has 2 atom stereocenters. The summed E-state index contributed by atoms with van der Waals surface area (Å²) in [5.41, 5.74) is 2.20. The zero-order valence-electron chi connectivity index (χ0n) is 10.9. The van der Waals surface area contributed by atoms with Crippen LogP contribution in [0.4, 0.5) is 0 Å². The van der Waals surface area contributed by atoms with Gasteiger partial charge in [-0.15, -0.1) is 0 Å². The summed E-state index contributed by atoms with van der Waals surface area (Å²) in [4.78, 5) is 2.59. The maximum atomic E-state index is 9.97. The van der Waals surface area contributed by atoms with Crippen LogP contribution in [0.1, 0.15) is 30.9 Å². The van der Waals surface area contributed by atoms with E-state index in [9.17, 15) is 10.2 Å². The number of fused-ring (bicyclic) bond motifs is 2. The molecule has 1 fully saturated rings. The number of phenolic OH excluding ortho intramolecular Hbond substituents is 2. The van der Waals surface area contributed by atoms with Crippen LogP contribution in [-0.4, -0.2) is 34.2 Å². The van der Waals surface area contributed by atoms with Gasteiger partial charge in [-0.05, 0) is 56.3 Å². The molecule has 0 bridgehead atoms. The van der Waals surface area contributed by atoms with Crippen molar-refractivity contribution in [3.63, 3.8) is 0 Å². The lowest BCUT2D eigenvalue weighted by Gasteiger charge is -2.33. The highest BCUT2D eigenvalue weighted by Gasteiger charge is 2.38. The number of rotatable bonds is 2. The van der Waals surface area contributed by atoms with Gasteiger partial charge in [0.15, 0.2) is 11.5 Å². The van der Waals surface area contributed by atoms with E-state index in [-0.39, 0.29) is 11.5 Å². The molecule has 1 aromatic carbocycles. The third-order valence-electron chi connectivity index (χ3n) is 4.56. The van der Waals surface area contributed by atoms with Gasteiger partial charge in [0.25, 0.3) is 0 Å². The molecule has 1 aliphatic heterocycles. The lowest BCUT2D eigenvalue weighted by atomic mass is 9.80. The van der Waals surface area contributed by atoms with E-state index in [1.165, 1.54) is 31.5 Å². The number of likely N-dealkylation sites (tertiary alicyclic amines) is 1. The molecular formula is C15H21NO2. The maximum absolute atomic E-state index is 9.97. The second-order valence-electron chi connectivity index (χ2n) is 5.63. The summed E-state index contributed by atoms with van der Waals surface area (Å²) in [6, 6.07) is 4.23. The Morgan fingerprint density at radius 2 is 2.11 bits per heavy atom. The quantitative estimate of drug-likeness (QED) is 0.788. The van der Waals surface area contributed by atoms with Gasteiger partial charge in [0.1, 0.15) is 0 Å². The molecule has 0 radical (unpaired) electrons. The van der Waals surface area contributed by atoms with Gasteiger partial charge in [0, 0.05) is 11.6 Å². The Bertz CT molecular complexity index is 458. The lowest BCUT2D eigenvalue weighted by Crippen LogP contribution is -2.38. The molecule has 1 heterocycles. The fourth-order valence-corrected chi connectivity index (χ4v) is 3.66. The average Bonchev–Trinajstić information content (AvgIpc) is 2.76. The molecule has 1 aliphatic carbocycles. The van der Waals surface area contributed by atoms with E-state index in [2.05, 4.69) is 11.8 Å². The predicted octanol–water partition coefficient (Wildman–Crippen LogP) is 2.30. The smallest absolute Gasteiger partial charge is 0.160 e. The average molecular weight is 247 g/mol. The highest BCUT2D eigenvalue weighted by atomic mass is 16.3. The Hall–Kier alpha value is -1.22. The fraction of sp³-hybridized carbons (Fsp3) is 0.600. The number of benzene rings is 1. The van der Waals surface area contributed by atoms with Crippen LogP contribution in [0.3, 0.4) is 0 Å². The van der Waals surface area contributed by atoms with E-state index in [0.717, 1.165) is 18.4 Å². The Morgan fingerprint density at radius 3 is 2.89 bits per heavy atom. The van der Waals surface area contributed by atoms with Crippen molar-refractivity contribution in [1.82, 2.24) is 4.90 Å². The highest BCUT2D eigenvalue weighted by molar-refractivity contribution is 5.50. The summed E-state index contributed by atoms with van der Waals surface area (Å²) in [5, 5.41) is 19.6. The van der Waals surface area contributed by atoms with E-state index in [0.29, 0.717) is 12.0 Å². The molecule has 3 nitrogen and oxygen atoms in total. The van der Waals surface area contributed by atoms with E-state index in [1.807, 2.05) is 6.07 Å². The van der Waals surface area contributed by atoms with E-state index >= 15 is 0 Å². The third kappa shape index (κ3) is 1.77. The molecule has 0 unspecified atom stereocenters. The van der Waals surface area contributed by atoms with Crippen molar-refractivity contribution in [3.05, 3.63) is 23.3 Å². The van der Waals surface area contributed by atoms with Crippen molar-refractivity contribution in [2.45, 2.75) is 38.6 Å². The second-order valence-corrected chi connectivity index (χ2v) is 5.63. The van der Waals surface area contributed by atoms with Gasteiger partial charge in [-0.3, -0.25) is 4.90 Å². The van der Waals surface area contributed by atoms with Crippen molar-refractivity contribution in [2.75, 3.05) is 13.1 Å². The van der Waals surface area contributed by atoms with Crippen molar-refractivity contribution in [2.24, 2.45) is 5.92 Å². The summed E-state index contributed by atoms with van der Waals surface area (Å²) < 4.78 is 0. The Morgan fingerprint density at radius 1 is 1.28 bits per heavy atom. The third-order valence-corrected chi connectivity index (χ3v) is 4.56. The molecule has 0 aromatic heterocycles. The minimum Gasteiger partial charge on any atom is -0.504 e. The minimum absolute atomic E-state index is 0.0237. The molecule has 1 saturated heterocycles. The van der Waals surface area contributed by atoms with Crippen molar-refractivity contribution in [3.8, 4) is 11.5 Å². The van der Waals surface area contributed by atoms with Gasteiger partial charge in [0.2, 0.25) is 0 Å². The molecule has 18 heavy (non-hydrogen) atoms. The minimum atomic E-state index is 0.0237. The van der Waals surface area contributed by atoms with Crippen LogP contribution in [-0.2, 0) is 12.8 Å². The van der Waals surface area contributed by atoms with Crippen molar-refractivity contribution in [1.29, 1.82) is 0 Å². The standard InChI is InChI=1S/C15H21NO2/c1-2-6-16-7-5-11-8-12-10(9-13(11)16)3-4-14(17)15(12)18/h3-4,11,13,17-18H,2,5-9H2,1H3/t11-,13+/m1/s1. The summed E-state index contributed by atoms with van der Waals surface area (Å²) in [6.45, 7) is 4.60. The molecule has 1 aromatic rings. The van der Waals surface area contributed by atoms with Gasteiger partial charge in [-0.2, -0.15) is 0 Å². The number of hydrogen-bond acceptors (Lipinski definition) is 3. The Labute approximate surface area is 108 Å². The molecule has 3 rings (SSSR count). The summed E-state index contributed by atoms with van der Waals surface area (Å²) >= 11 is 0. The molecule has 0 amide bonds. The first kappa shape index (κ1) is 11.8. The zero-order valence-corrected chi connectivity index (χ0v) is 10.9. The second kappa shape index (κ2) is 4.47. The molecular weight excluding hydrogens is 226 g/mol. The molecule has 2 aliphatic rings. The summed E-state index contributed by atoms with van der Waals surface area (Å²) in [6.07, 6.45) is 4.37. The first-order valence-corrected chi connectivity index (χ1v) is 6.97. The first-order chi connectivity index (χ1) is 8.70.